The van der Waals surface area contributed by atoms with E-state index >= 15 is 0 Å². The van der Waals surface area contributed by atoms with Crippen molar-refractivity contribution < 1.29 is 12.8 Å². The molecule has 1 aliphatic rings. The molecule has 1 heterocycles. The fraction of sp³-hybridized carbons (Fsp3) is 0.600. The Morgan fingerprint density at radius 1 is 1.29 bits per heavy atom. The Labute approximate surface area is 131 Å². The summed E-state index contributed by atoms with van der Waals surface area (Å²) in [6.45, 7) is 6.55. The quantitative estimate of drug-likeness (QED) is 0.793. The maximum atomic E-state index is 13.9. The Bertz CT molecular complexity index is 623. The van der Waals surface area contributed by atoms with E-state index in [1.807, 2.05) is 13.8 Å². The van der Waals surface area contributed by atoms with Gasteiger partial charge in [0.05, 0.1) is 4.90 Å². The monoisotopic (exact) mass is 333 g/mol. The van der Waals surface area contributed by atoms with E-state index in [1.54, 1.807) is 0 Å². The molecule has 1 aromatic carbocycles. The average molecular weight is 334 g/mol. The Balaban J connectivity index is 2.46. The molecule has 2 unspecified atom stereocenters. The first kappa shape index (κ1) is 16.7. The standard InChI is InChI=1S/C15H21ClFNO2S/c1-10-4-11(2)9-18(8-10)21(19,20)15-6-13(7-16)5-14(17)12(15)3/h5-6,10-11H,4,7-9H2,1-3H3. The molecule has 0 amide bonds. The van der Waals surface area contributed by atoms with E-state index in [0.717, 1.165) is 6.42 Å². The van der Waals surface area contributed by atoms with Crippen LogP contribution in [0.3, 0.4) is 0 Å². The maximum absolute atomic E-state index is 13.9. The van der Waals surface area contributed by atoms with Gasteiger partial charge in [-0.05, 0) is 42.9 Å². The average Bonchev–Trinajstić information content (AvgIpc) is 2.40. The molecule has 1 aliphatic heterocycles. The molecule has 1 fully saturated rings. The topological polar surface area (TPSA) is 37.4 Å². The van der Waals surface area contributed by atoms with Crippen LogP contribution in [-0.4, -0.2) is 25.8 Å². The van der Waals surface area contributed by atoms with Crippen molar-refractivity contribution in [2.45, 2.75) is 38.0 Å². The second kappa shape index (κ2) is 6.23. The van der Waals surface area contributed by atoms with Crippen LogP contribution in [0.5, 0.6) is 0 Å². The van der Waals surface area contributed by atoms with Crippen molar-refractivity contribution >= 4 is 21.6 Å². The van der Waals surface area contributed by atoms with Gasteiger partial charge in [-0.25, -0.2) is 12.8 Å². The molecule has 6 heteroatoms. The minimum absolute atomic E-state index is 0.0412. The summed E-state index contributed by atoms with van der Waals surface area (Å²) in [7, 11) is -3.68. The van der Waals surface area contributed by atoms with Crippen molar-refractivity contribution in [3.63, 3.8) is 0 Å². The van der Waals surface area contributed by atoms with Crippen LogP contribution in [0, 0.1) is 24.6 Å². The highest BCUT2D eigenvalue weighted by atomic mass is 35.5. The SMILES string of the molecule is Cc1c(F)cc(CCl)cc1S(=O)(=O)N1CC(C)CC(C)C1. The molecule has 0 bridgehead atoms. The van der Waals surface area contributed by atoms with Crippen LogP contribution in [0.4, 0.5) is 4.39 Å². The predicted molar refractivity (Wildman–Crippen MR) is 82.4 cm³/mol. The molecule has 0 saturated carbocycles. The third kappa shape index (κ3) is 3.41. The lowest BCUT2D eigenvalue weighted by Crippen LogP contribution is -2.42. The molecule has 0 aliphatic carbocycles. The molecule has 1 saturated heterocycles. The third-order valence-electron chi connectivity index (χ3n) is 3.96. The predicted octanol–water partition coefficient (Wildman–Crippen LogP) is 3.54. The fourth-order valence-corrected chi connectivity index (χ4v) is 5.11. The zero-order valence-corrected chi connectivity index (χ0v) is 14.1. The molecule has 118 valence electrons. The number of alkyl halides is 1. The zero-order valence-electron chi connectivity index (χ0n) is 12.6. The molecule has 3 nitrogen and oxygen atoms in total. The van der Waals surface area contributed by atoms with E-state index in [9.17, 15) is 12.8 Å². The van der Waals surface area contributed by atoms with E-state index in [-0.39, 0.29) is 16.3 Å². The van der Waals surface area contributed by atoms with Crippen LogP contribution in [0.15, 0.2) is 17.0 Å². The van der Waals surface area contributed by atoms with E-state index in [2.05, 4.69) is 0 Å². The Morgan fingerprint density at radius 2 is 1.86 bits per heavy atom. The van der Waals surface area contributed by atoms with Crippen LogP contribution >= 0.6 is 11.6 Å². The molecule has 0 aromatic heterocycles. The van der Waals surface area contributed by atoms with Crippen LogP contribution in [0.2, 0.25) is 0 Å². The molecule has 2 atom stereocenters. The summed E-state index contributed by atoms with van der Waals surface area (Å²) in [5.41, 5.74) is 0.645. The first-order valence-electron chi connectivity index (χ1n) is 7.10. The summed E-state index contributed by atoms with van der Waals surface area (Å²) in [4.78, 5) is 0.0412. The summed E-state index contributed by atoms with van der Waals surface area (Å²) in [5.74, 6) is 0.187. The third-order valence-corrected chi connectivity index (χ3v) is 6.23. The normalized spacial score (nSPS) is 24.2. The van der Waals surface area contributed by atoms with Gasteiger partial charge in [0.2, 0.25) is 10.0 Å². The molecule has 0 radical (unpaired) electrons. The van der Waals surface area contributed by atoms with E-state index in [1.165, 1.54) is 23.4 Å². The maximum Gasteiger partial charge on any atom is 0.243 e. The fourth-order valence-electron chi connectivity index (χ4n) is 2.99. The summed E-state index contributed by atoms with van der Waals surface area (Å²) in [6, 6.07) is 2.79. The largest absolute Gasteiger partial charge is 0.243 e. The van der Waals surface area contributed by atoms with Gasteiger partial charge < -0.3 is 0 Å². The number of rotatable bonds is 3. The molecule has 1 aromatic rings. The minimum atomic E-state index is -3.68. The van der Waals surface area contributed by atoms with E-state index in [4.69, 9.17) is 11.6 Å². The first-order chi connectivity index (χ1) is 9.75. The molecular weight excluding hydrogens is 313 g/mol. The van der Waals surface area contributed by atoms with Gasteiger partial charge in [0.1, 0.15) is 5.82 Å². The van der Waals surface area contributed by atoms with Gasteiger partial charge in [-0.1, -0.05) is 13.8 Å². The van der Waals surface area contributed by atoms with Crippen LogP contribution in [0.25, 0.3) is 0 Å². The van der Waals surface area contributed by atoms with Gasteiger partial charge in [0.15, 0.2) is 0 Å². The van der Waals surface area contributed by atoms with Gasteiger partial charge in [0, 0.05) is 24.5 Å². The summed E-state index contributed by atoms with van der Waals surface area (Å²) in [5, 5.41) is 0. The van der Waals surface area contributed by atoms with Crippen LogP contribution in [0.1, 0.15) is 31.4 Å². The number of sulfonamides is 1. The first-order valence-corrected chi connectivity index (χ1v) is 9.08. The Kier molecular flexibility index (Phi) is 4.96. The summed E-state index contributed by atoms with van der Waals surface area (Å²) < 4.78 is 41.1. The Morgan fingerprint density at radius 3 is 2.38 bits per heavy atom. The molecule has 0 N–H and O–H groups in total. The number of benzene rings is 1. The summed E-state index contributed by atoms with van der Waals surface area (Å²) in [6.07, 6.45) is 1.01. The number of nitrogens with zero attached hydrogens (tertiary/aromatic N) is 1. The lowest BCUT2D eigenvalue weighted by atomic mass is 9.94. The number of hydrogen-bond acceptors (Lipinski definition) is 2. The van der Waals surface area contributed by atoms with E-state index < -0.39 is 15.8 Å². The zero-order chi connectivity index (χ0) is 15.8. The van der Waals surface area contributed by atoms with Crippen molar-refractivity contribution in [2.75, 3.05) is 13.1 Å². The van der Waals surface area contributed by atoms with Gasteiger partial charge in [-0.2, -0.15) is 4.31 Å². The summed E-state index contributed by atoms with van der Waals surface area (Å²) >= 11 is 5.73. The second-order valence-electron chi connectivity index (χ2n) is 6.10. The van der Waals surface area contributed by atoms with Gasteiger partial charge in [-0.15, -0.1) is 11.6 Å². The van der Waals surface area contributed by atoms with Gasteiger partial charge in [0.25, 0.3) is 0 Å². The van der Waals surface area contributed by atoms with Crippen molar-refractivity contribution in [3.8, 4) is 0 Å². The van der Waals surface area contributed by atoms with Crippen molar-refractivity contribution in [1.82, 2.24) is 4.31 Å². The second-order valence-corrected chi connectivity index (χ2v) is 8.28. The molecular formula is C15H21ClFNO2S. The molecule has 2 rings (SSSR count). The van der Waals surface area contributed by atoms with Crippen molar-refractivity contribution in [2.24, 2.45) is 11.8 Å². The minimum Gasteiger partial charge on any atom is -0.207 e. The highest BCUT2D eigenvalue weighted by molar-refractivity contribution is 7.89. The lowest BCUT2D eigenvalue weighted by Gasteiger charge is -2.34. The number of halogens is 2. The number of hydrogen-bond donors (Lipinski definition) is 0. The van der Waals surface area contributed by atoms with Crippen LogP contribution < -0.4 is 0 Å². The highest BCUT2D eigenvalue weighted by Gasteiger charge is 2.33. The van der Waals surface area contributed by atoms with Gasteiger partial charge >= 0.3 is 0 Å². The molecule has 21 heavy (non-hydrogen) atoms. The smallest absolute Gasteiger partial charge is 0.207 e. The highest BCUT2D eigenvalue weighted by Crippen LogP contribution is 2.29. The molecule has 0 spiro atoms. The van der Waals surface area contributed by atoms with Crippen molar-refractivity contribution in [1.29, 1.82) is 0 Å². The lowest BCUT2D eigenvalue weighted by molar-refractivity contribution is 0.222. The van der Waals surface area contributed by atoms with Crippen molar-refractivity contribution in [3.05, 3.63) is 29.1 Å². The van der Waals surface area contributed by atoms with Crippen LogP contribution in [-0.2, 0) is 15.9 Å². The number of piperidine rings is 1. The Hall–Kier alpha value is -0.650. The van der Waals surface area contributed by atoms with Gasteiger partial charge in [-0.3, -0.25) is 0 Å². The van der Waals surface area contributed by atoms with E-state index in [0.29, 0.717) is 30.5 Å².